The van der Waals surface area contributed by atoms with E-state index in [1.807, 2.05) is 0 Å². The second kappa shape index (κ2) is 6.98. The fourth-order valence-corrected chi connectivity index (χ4v) is 1.95. The summed E-state index contributed by atoms with van der Waals surface area (Å²) in [6, 6.07) is 6.62. The minimum Gasteiger partial charge on any atom is -0.496 e. The normalized spacial score (nSPS) is 10.4. The molecule has 0 radical (unpaired) electrons. The fraction of sp³-hybridized carbons (Fsp3) is 0.250. The SMILES string of the molecule is CCOc1cc(F)c(N)cc1OCc1cc(F)ccc1OC. The van der Waals surface area contributed by atoms with Gasteiger partial charge in [-0.1, -0.05) is 0 Å². The first kappa shape index (κ1) is 15.9. The lowest BCUT2D eigenvalue weighted by Gasteiger charge is -2.14. The van der Waals surface area contributed by atoms with Gasteiger partial charge in [-0.25, -0.2) is 8.78 Å². The quantitative estimate of drug-likeness (QED) is 0.829. The molecule has 0 aliphatic carbocycles. The van der Waals surface area contributed by atoms with E-state index in [9.17, 15) is 8.78 Å². The van der Waals surface area contributed by atoms with E-state index >= 15 is 0 Å². The molecule has 0 amide bonds. The summed E-state index contributed by atoms with van der Waals surface area (Å²) in [5.74, 6) is 0.0354. The van der Waals surface area contributed by atoms with Gasteiger partial charge in [0.1, 0.15) is 24.0 Å². The highest BCUT2D eigenvalue weighted by molar-refractivity contribution is 5.53. The molecule has 4 nitrogen and oxygen atoms in total. The maximum atomic E-state index is 13.5. The molecule has 6 heteroatoms. The molecule has 118 valence electrons. The molecule has 0 aromatic heterocycles. The standard InChI is InChI=1S/C16H17F2NO3/c1-3-21-15-7-12(18)13(19)8-16(15)22-9-10-6-11(17)4-5-14(10)20-2/h4-8H,3,9,19H2,1-2H3. The molecule has 0 spiro atoms. The predicted octanol–water partition coefficient (Wildman–Crippen LogP) is 3.53. The van der Waals surface area contributed by atoms with E-state index in [0.29, 0.717) is 17.9 Å². The number of anilines is 1. The number of halogens is 2. The molecule has 0 aliphatic rings. The van der Waals surface area contributed by atoms with Crippen molar-refractivity contribution in [2.24, 2.45) is 0 Å². The Labute approximate surface area is 127 Å². The van der Waals surface area contributed by atoms with Crippen molar-refractivity contribution in [2.75, 3.05) is 19.5 Å². The smallest absolute Gasteiger partial charge is 0.164 e. The molecule has 0 saturated heterocycles. The van der Waals surface area contributed by atoms with Crippen LogP contribution in [0.3, 0.4) is 0 Å². The van der Waals surface area contributed by atoms with Crippen molar-refractivity contribution < 1.29 is 23.0 Å². The number of hydrogen-bond acceptors (Lipinski definition) is 4. The minimum absolute atomic E-state index is 0.0338. The summed E-state index contributed by atoms with van der Waals surface area (Å²) >= 11 is 0. The van der Waals surface area contributed by atoms with Gasteiger partial charge >= 0.3 is 0 Å². The van der Waals surface area contributed by atoms with E-state index in [1.165, 1.54) is 31.4 Å². The third kappa shape index (κ3) is 3.58. The van der Waals surface area contributed by atoms with Crippen molar-refractivity contribution in [1.29, 1.82) is 0 Å². The number of nitrogens with two attached hydrogens (primary N) is 1. The van der Waals surface area contributed by atoms with Crippen molar-refractivity contribution in [3.63, 3.8) is 0 Å². The van der Waals surface area contributed by atoms with Crippen molar-refractivity contribution in [1.82, 2.24) is 0 Å². The van der Waals surface area contributed by atoms with Gasteiger partial charge in [-0.05, 0) is 25.1 Å². The third-order valence-electron chi connectivity index (χ3n) is 2.99. The average molecular weight is 309 g/mol. The van der Waals surface area contributed by atoms with Gasteiger partial charge < -0.3 is 19.9 Å². The van der Waals surface area contributed by atoms with Gasteiger partial charge in [0.2, 0.25) is 0 Å². The van der Waals surface area contributed by atoms with Crippen LogP contribution in [0.1, 0.15) is 12.5 Å². The fourth-order valence-electron chi connectivity index (χ4n) is 1.95. The van der Waals surface area contributed by atoms with E-state index in [4.69, 9.17) is 19.9 Å². The molecule has 2 rings (SSSR count). The molecule has 0 bridgehead atoms. The first-order chi connectivity index (χ1) is 10.5. The van der Waals surface area contributed by atoms with Crippen LogP contribution in [0.4, 0.5) is 14.5 Å². The van der Waals surface area contributed by atoms with Crippen LogP contribution in [0, 0.1) is 11.6 Å². The third-order valence-corrected chi connectivity index (χ3v) is 2.99. The summed E-state index contributed by atoms with van der Waals surface area (Å²) in [6.07, 6.45) is 0. The molecular formula is C16H17F2NO3. The first-order valence-electron chi connectivity index (χ1n) is 6.72. The predicted molar refractivity (Wildman–Crippen MR) is 79.3 cm³/mol. The van der Waals surface area contributed by atoms with Crippen LogP contribution < -0.4 is 19.9 Å². The summed E-state index contributed by atoms with van der Waals surface area (Å²) in [6.45, 7) is 2.16. The van der Waals surface area contributed by atoms with Crippen LogP contribution in [0.2, 0.25) is 0 Å². The Morgan fingerprint density at radius 3 is 2.41 bits per heavy atom. The molecule has 2 aromatic carbocycles. The molecule has 2 aromatic rings. The lowest BCUT2D eigenvalue weighted by atomic mass is 10.2. The minimum atomic E-state index is -0.584. The molecule has 22 heavy (non-hydrogen) atoms. The largest absolute Gasteiger partial charge is 0.496 e. The second-order valence-electron chi connectivity index (χ2n) is 4.50. The van der Waals surface area contributed by atoms with Gasteiger partial charge in [0.25, 0.3) is 0 Å². The van der Waals surface area contributed by atoms with E-state index in [-0.39, 0.29) is 23.8 Å². The number of methoxy groups -OCH3 is 1. The van der Waals surface area contributed by atoms with Crippen LogP contribution in [-0.4, -0.2) is 13.7 Å². The van der Waals surface area contributed by atoms with E-state index in [2.05, 4.69) is 0 Å². The van der Waals surface area contributed by atoms with E-state index in [0.717, 1.165) is 6.07 Å². The Kier molecular flexibility index (Phi) is 5.04. The molecule has 0 fully saturated rings. The Bertz CT molecular complexity index is 662. The molecule has 0 atom stereocenters. The summed E-state index contributed by atoms with van der Waals surface area (Å²) in [7, 11) is 1.48. The van der Waals surface area contributed by atoms with Gasteiger partial charge in [-0.2, -0.15) is 0 Å². The van der Waals surface area contributed by atoms with Crippen molar-refractivity contribution >= 4 is 5.69 Å². The Hall–Kier alpha value is -2.50. The number of ether oxygens (including phenoxy) is 3. The molecule has 0 aliphatic heterocycles. The topological polar surface area (TPSA) is 53.7 Å². The lowest BCUT2D eigenvalue weighted by molar-refractivity contribution is 0.263. The number of nitrogen functional groups attached to an aromatic ring is 1. The highest BCUT2D eigenvalue weighted by Crippen LogP contribution is 2.33. The Morgan fingerprint density at radius 2 is 1.73 bits per heavy atom. The molecule has 0 unspecified atom stereocenters. The zero-order chi connectivity index (χ0) is 16.1. The lowest BCUT2D eigenvalue weighted by Crippen LogP contribution is -2.03. The number of benzene rings is 2. The van der Waals surface area contributed by atoms with Gasteiger partial charge in [0.05, 0.1) is 19.4 Å². The van der Waals surface area contributed by atoms with Gasteiger partial charge in [-0.3, -0.25) is 0 Å². The monoisotopic (exact) mass is 309 g/mol. The van der Waals surface area contributed by atoms with Crippen LogP contribution >= 0.6 is 0 Å². The summed E-state index contributed by atoms with van der Waals surface area (Å²) in [5.41, 5.74) is 6.01. The average Bonchev–Trinajstić information content (AvgIpc) is 2.49. The number of rotatable bonds is 6. The molecule has 2 N–H and O–H groups in total. The van der Waals surface area contributed by atoms with Crippen molar-refractivity contribution in [3.05, 3.63) is 47.5 Å². The maximum absolute atomic E-state index is 13.5. The molecular weight excluding hydrogens is 292 g/mol. The van der Waals surface area contributed by atoms with Crippen LogP contribution in [0.5, 0.6) is 17.2 Å². The molecule has 0 heterocycles. The summed E-state index contributed by atoms with van der Waals surface area (Å²) in [5, 5.41) is 0. The number of hydrogen-bond donors (Lipinski definition) is 1. The summed E-state index contributed by atoms with van der Waals surface area (Å²) < 4.78 is 42.9. The Balaban J connectivity index is 2.24. The van der Waals surface area contributed by atoms with E-state index in [1.54, 1.807) is 6.92 Å². The van der Waals surface area contributed by atoms with Crippen molar-refractivity contribution in [3.8, 4) is 17.2 Å². The van der Waals surface area contributed by atoms with Crippen LogP contribution in [0.25, 0.3) is 0 Å². The second-order valence-corrected chi connectivity index (χ2v) is 4.50. The zero-order valence-electron chi connectivity index (χ0n) is 12.4. The highest BCUT2D eigenvalue weighted by Gasteiger charge is 2.12. The first-order valence-corrected chi connectivity index (χ1v) is 6.72. The zero-order valence-corrected chi connectivity index (χ0v) is 12.4. The molecule has 0 saturated carbocycles. The van der Waals surface area contributed by atoms with E-state index < -0.39 is 11.6 Å². The van der Waals surface area contributed by atoms with Crippen LogP contribution in [-0.2, 0) is 6.61 Å². The highest BCUT2D eigenvalue weighted by atomic mass is 19.1. The van der Waals surface area contributed by atoms with Gasteiger partial charge in [0.15, 0.2) is 11.5 Å². The maximum Gasteiger partial charge on any atom is 0.164 e. The van der Waals surface area contributed by atoms with Crippen molar-refractivity contribution in [2.45, 2.75) is 13.5 Å². The van der Waals surface area contributed by atoms with Gasteiger partial charge in [0, 0.05) is 17.7 Å². The Morgan fingerprint density at radius 1 is 1.00 bits per heavy atom. The van der Waals surface area contributed by atoms with Crippen LogP contribution in [0.15, 0.2) is 30.3 Å². The van der Waals surface area contributed by atoms with Gasteiger partial charge in [-0.15, -0.1) is 0 Å². The summed E-state index contributed by atoms with van der Waals surface area (Å²) in [4.78, 5) is 0.